The third kappa shape index (κ3) is 2.15. The van der Waals surface area contributed by atoms with E-state index in [-0.39, 0.29) is 11.7 Å². The number of phenols is 1. The van der Waals surface area contributed by atoms with Crippen LogP contribution in [0.5, 0.6) is 5.75 Å². The van der Waals surface area contributed by atoms with Crippen LogP contribution in [0.4, 0.5) is 0 Å². The lowest BCUT2D eigenvalue weighted by Crippen LogP contribution is -2.31. The molecule has 0 aliphatic heterocycles. The normalized spacial score (nSPS) is 15.3. The highest BCUT2D eigenvalue weighted by Crippen LogP contribution is 2.34. The van der Waals surface area contributed by atoms with Crippen molar-refractivity contribution in [2.45, 2.75) is 39.7 Å². The largest absolute Gasteiger partial charge is 0.508 e. The average molecular weight is 208 g/mol. The first kappa shape index (κ1) is 12.1. The molecule has 0 saturated heterocycles. The van der Waals surface area contributed by atoms with Gasteiger partial charge in [-0.25, -0.2) is 0 Å². The molecule has 0 spiro atoms. The molecule has 0 aliphatic carbocycles. The molecule has 0 radical (unpaired) electrons. The Bertz CT molecular complexity index is 344. The summed E-state index contributed by atoms with van der Waals surface area (Å²) in [6.45, 7) is 7.83. The van der Waals surface area contributed by atoms with Crippen molar-refractivity contribution >= 4 is 0 Å². The summed E-state index contributed by atoms with van der Waals surface area (Å²) in [5.41, 5.74) is 0.897. The molecule has 0 amide bonds. The van der Waals surface area contributed by atoms with E-state index >= 15 is 0 Å². The maximum atomic E-state index is 10.5. The fourth-order valence-corrected chi connectivity index (χ4v) is 1.87. The van der Waals surface area contributed by atoms with E-state index in [2.05, 4.69) is 0 Å². The van der Waals surface area contributed by atoms with E-state index in [0.29, 0.717) is 6.42 Å². The van der Waals surface area contributed by atoms with Gasteiger partial charge in [-0.1, -0.05) is 26.8 Å². The van der Waals surface area contributed by atoms with Crippen molar-refractivity contribution in [3.05, 3.63) is 29.3 Å². The number of hydrogen-bond acceptors (Lipinski definition) is 2. The number of hydrogen-bond donors (Lipinski definition) is 2. The van der Waals surface area contributed by atoms with Gasteiger partial charge in [0.25, 0.3) is 0 Å². The number of aliphatic hydroxyl groups is 1. The van der Waals surface area contributed by atoms with Gasteiger partial charge < -0.3 is 10.2 Å². The van der Waals surface area contributed by atoms with Crippen LogP contribution in [0.2, 0.25) is 0 Å². The first-order valence-corrected chi connectivity index (χ1v) is 5.44. The van der Waals surface area contributed by atoms with E-state index in [1.165, 1.54) is 0 Å². The van der Waals surface area contributed by atoms with E-state index in [1.54, 1.807) is 12.1 Å². The predicted molar refractivity (Wildman–Crippen MR) is 61.9 cm³/mol. The molecule has 84 valence electrons. The van der Waals surface area contributed by atoms with Gasteiger partial charge in [0.2, 0.25) is 0 Å². The van der Waals surface area contributed by atoms with Crippen LogP contribution in [0.3, 0.4) is 0 Å². The Hall–Kier alpha value is -1.02. The molecule has 0 aromatic heterocycles. The second kappa shape index (κ2) is 4.23. The number of rotatable bonds is 3. The van der Waals surface area contributed by atoms with E-state index in [0.717, 1.165) is 11.1 Å². The SMILES string of the molecule is CCC(O)(c1ccc(O)c(C)c1)C(C)C. The maximum Gasteiger partial charge on any atom is 0.118 e. The van der Waals surface area contributed by atoms with Crippen LogP contribution in [0.15, 0.2) is 18.2 Å². The lowest BCUT2D eigenvalue weighted by atomic mass is 9.81. The molecule has 2 N–H and O–H groups in total. The van der Waals surface area contributed by atoms with Gasteiger partial charge in [-0.05, 0) is 42.5 Å². The molecule has 1 aromatic carbocycles. The molecule has 15 heavy (non-hydrogen) atoms. The van der Waals surface area contributed by atoms with Gasteiger partial charge in [-0.3, -0.25) is 0 Å². The zero-order valence-corrected chi connectivity index (χ0v) is 9.91. The molecule has 0 fully saturated rings. The Morgan fingerprint density at radius 2 is 1.93 bits per heavy atom. The maximum absolute atomic E-state index is 10.5. The fourth-order valence-electron chi connectivity index (χ4n) is 1.87. The summed E-state index contributed by atoms with van der Waals surface area (Å²) >= 11 is 0. The van der Waals surface area contributed by atoms with Gasteiger partial charge in [0.15, 0.2) is 0 Å². The minimum Gasteiger partial charge on any atom is -0.508 e. The van der Waals surface area contributed by atoms with Gasteiger partial charge in [-0.2, -0.15) is 0 Å². The lowest BCUT2D eigenvalue weighted by molar-refractivity contribution is -0.0140. The standard InChI is InChI=1S/C13H20O2/c1-5-13(15,9(2)3)11-6-7-12(14)10(4)8-11/h6-9,14-15H,5H2,1-4H3. The van der Waals surface area contributed by atoms with Crippen molar-refractivity contribution in [3.8, 4) is 5.75 Å². The second-order valence-electron chi connectivity index (χ2n) is 4.43. The van der Waals surface area contributed by atoms with E-state index in [1.807, 2.05) is 33.8 Å². The zero-order chi connectivity index (χ0) is 11.6. The Morgan fingerprint density at radius 1 is 1.33 bits per heavy atom. The van der Waals surface area contributed by atoms with Gasteiger partial charge in [0.1, 0.15) is 5.75 Å². The molecular weight excluding hydrogens is 188 g/mol. The first-order valence-electron chi connectivity index (χ1n) is 5.44. The number of aryl methyl sites for hydroxylation is 1. The average Bonchev–Trinajstić information content (AvgIpc) is 2.20. The first-order chi connectivity index (χ1) is 6.91. The van der Waals surface area contributed by atoms with Gasteiger partial charge in [0, 0.05) is 0 Å². The van der Waals surface area contributed by atoms with Crippen LogP contribution < -0.4 is 0 Å². The van der Waals surface area contributed by atoms with E-state index in [9.17, 15) is 10.2 Å². The number of phenolic OH excluding ortho intramolecular Hbond substituents is 1. The highest BCUT2D eigenvalue weighted by Gasteiger charge is 2.31. The molecular formula is C13H20O2. The van der Waals surface area contributed by atoms with Crippen LogP contribution in [-0.4, -0.2) is 10.2 Å². The summed E-state index contributed by atoms with van der Waals surface area (Å²) in [5.74, 6) is 0.437. The molecule has 2 heteroatoms. The summed E-state index contributed by atoms with van der Waals surface area (Å²) < 4.78 is 0. The smallest absolute Gasteiger partial charge is 0.118 e. The minimum atomic E-state index is -0.793. The van der Waals surface area contributed by atoms with Crippen molar-refractivity contribution in [1.29, 1.82) is 0 Å². The Labute approximate surface area is 91.6 Å². The highest BCUT2D eigenvalue weighted by atomic mass is 16.3. The third-order valence-corrected chi connectivity index (χ3v) is 3.19. The van der Waals surface area contributed by atoms with Gasteiger partial charge in [0.05, 0.1) is 5.60 Å². The van der Waals surface area contributed by atoms with Crippen molar-refractivity contribution in [1.82, 2.24) is 0 Å². The summed E-state index contributed by atoms with van der Waals surface area (Å²) in [4.78, 5) is 0. The zero-order valence-electron chi connectivity index (χ0n) is 9.91. The second-order valence-corrected chi connectivity index (χ2v) is 4.43. The summed E-state index contributed by atoms with van der Waals surface area (Å²) in [7, 11) is 0. The number of aromatic hydroxyl groups is 1. The number of benzene rings is 1. The van der Waals surface area contributed by atoms with Crippen LogP contribution in [-0.2, 0) is 5.60 Å². The van der Waals surface area contributed by atoms with Crippen LogP contribution in [0, 0.1) is 12.8 Å². The quantitative estimate of drug-likeness (QED) is 0.801. The van der Waals surface area contributed by atoms with Gasteiger partial charge >= 0.3 is 0 Å². The van der Waals surface area contributed by atoms with E-state index < -0.39 is 5.60 Å². The summed E-state index contributed by atoms with van der Waals surface area (Å²) in [6.07, 6.45) is 0.675. The molecule has 0 saturated carbocycles. The summed E-state index contributed by atoms with van der Waals surface area (Å²) in [6, 6.07) is 5.30. The minimum absolute atomic E-state index is 0.159. The van der Waals surface area contributed by atoms with Crippen molar-refractivity contribution in [3.63, 3.8) is 0 Å². The molecule has 1 atom stereocenters. The van der Waals surface area contributed by atoms with E-state index in [4.69, 9.17) is 0 Å². The predicted octanol–water partition coefficient (Wildman–Crippen LogP) is 2.95. The Kier molecular flexibility index (Phi) is 3.40. The Morgan fingerprint density at radius 3 is 2.33 bits per heavy atom. The molecule has 0 aliphatic rings. The molecule has 0 bridgehead atoms. The lowest BCUT2D eigenvalue weighted by Gasteiger charge is -2.32. The van der Waals surface area contributed by atoms with Crippen molar-refractivity contribution < 1.29 is 10.2 Å². The third-order valence-electron chi connectivity index (χ3n) is 3.19. The van der Waals surface area contributed by atoms with Gasteiger partial charge in [-0.15, -0.1) is 0 Å². The molecule has 1 unspecified atom stereocenters. The molecule has 1 aromatic rings. The van der Waals surface area contributed by atoms with Crippen LogP contribution >= 0.6 is 0 Å². The highest BCUT2D eigenvalue weighted by molar-refractivity contribution is 5.37. The molecule has 0 heterocycles. The fraction of sp³-hybridized carbons (Fsp3) is 0.538. The Balaban J connectivity index is 3.19. The summed E-state index contributed by atoms with van der Waals surface area (Å²) in [5, 5.41) is 19.9. The monoisotopic (exact) mass is 208 g/mol. The topological polar surface area (TPSA) is 40.5 Å². The van der Waals surface area contributed by atoms with Crippen LogP contribution in [0.25, 0.3) is 0 Å². The van der Waals surface area contributed by atoms with Crippen molar-refractivity contribution in [2.75, 3.05) is 0 Å². The van der Waals surface area contributed by atoms with Crippen molar-refractivity contribution in [2.24, 2.45) is 5.92 Å². The van der Waals surface area contributed by atoms with Crippen LogP contribution in [0.1, 0.15) is 38.3 Å². The molecule has 2 nitrogen and oxygen atoms in total. The molecule has 1 rings (SSSR count).